The molecule has 0 fully saturated rings. The fourth-order valence-electron chi connectivity index (χ4n) is 1.51. The van der Waals surface area contributed by atoms with E-state index in [9.17, 15) is 9.18 Å². The fraction of sp³-hybridized carbons (Fsp3) is 0.154. The van der Waals surface area contributed by atoms with Crippen molar-refractivity contribution in [1.29, 1.82) is 0 Å². The maximum absolute atomic E-state index is 13.0. The summed E-state index contributed by atoms with van der Waals surface area (Å²) < 4.78 is 18.4. The molecule has 0 amide bonds. The zero-order valence-corrected chi connectivity index (χ0v) is 10.2. The van der Waals surface area contributed by atoms with Gasteiger partial charge >= 0.3 is 5.97 Å². The van der Waals surface area contributed by atoms with E-state index < -0.39 is 11.8 Å². The second-order valence-electron chi connectivity index (χ2n) is 3.62. The summed E-state index contributed by atoms with van der Waals surface area (Å²) in [5.41, 5.74) is -0.0254. The van der Waals surface area contributed by atoms with E-state index in [2.05, 4.69) is 0 Å². The van der Waals surface area contributed by atoms with Gasteiger partial charge in [-0.1, -0.05) is 6.07 Å². The lowest BCUT2D eigenvalue weighted by atomic mass is 10.2. The normalized spacial score (nSPS) is 10.3. The van der Waals surface area contributed by atoms with Crippen molar-refractivity contribution in [3.8, 4) is 5.75 Å². The number of halogens is 1. The Kier molecular flexibility index (Phi) is 3.94. The molecule has 1 aromatic carbocycles. The van der Waals surface area contributed by atoms with Crippen molar-refractivity contribution in [3.63, 3.8) is 0 Å². The molecule has 0 unspecified atom stereocenters. The summed E-state index contributed by atoms with van der Waals surface area (Å²) in [6.45, 7) is 0.324. The van der Waals surface area contributed by atoms with Gasteiger partial charge in [0.05, 0.1) is 6.61 Å². The van der Waals surface area contributed by atoms with Crippen molar-refractivity contribution in [2.75, 3.05) is 6.61 Å². The third kappa shape index (κ3) is 3.07. The van der Waals surface area contributed by atoms with Crippen molar-refractivity contribution in [2.24, 2.45) is 0 Å². The highest BCUT2D eigenvalue weighted by Crippen LogP contribution is 2.20. The highest BCUT2D eigenvalue weighted by atomic mass is 32.1. The van der Waals surface area contributed by atoms with Crippen LogP contribution < -0.4 is 4.74 Å². The minimum Gasteiger partial charge on any atom is -0.492 e. The molecule has 3 nitrogen and oxygen atoms in total. The molecule has 0 spiro atoms. The van der Waals surface area contributed by atoms with Gasteiger partial charge in [-0.3, -0.25) is 0 Å². The topological polar surface area (TPSA) is 46.5 Å². The van der Waals surface area contributed by atoms with Crippen LogP contribution >= 0.6 is 11.3 Å². The molecular weight excluding hydrogens is 255 g/mol. The predicted molar refractivity (Wildman–Crippen MR) is 66.9 cm³/mol. The highest BCUT2D eigenvalue weighted by Gasteiger charge is 2.12. The fourth-order valence-corrected chi connectivity index (χ4v) is 2.20. The maximum atomic E-state index is 13.0. The molecule has 0 saturated carbocycles. The molecule has 1 N–H and O–H groups in total. The minimum atomic E-state index is -1.12. The molecule has 0 radical (unpaired) electrons. The van der Waals surface area contributed by atoms with Gasteiger partial charge in [0.15, 0.2) is 0 Å². The summed E-state index contributed by atoms with van der Waals surface area (Å²) in [5.74, 6) is -1.56. The molecule has 18 heavy (non-hydrogen) atoms. The Labute approximate surface area is 107 Å². The van der Waals surface area contributed by atoms with E-state index in [0.29, 0.717) is 13.0 Å². The van der Waals surface area contributed by atoms with E-state index in [1.807, 2.05) is 17.5 Å². The van der Waals surface area contributed by atoms with Gasteiger partial charge < -0.3 is 9.84 Å². The molecule has 1 heterocycles. The molecule has 2 rings (SSSR count). The first-order chi connectivity index (χ1) is 8.66. The molecule has 0 atom stereocenters. The third-order valence-electron chi connectivity index (χ3n) is 2.36. The zero-order chi connectivity index (χ0) is 13.0. The maximum Gasteiger partial charge on any atom is 0.339 e. The lowest BCUT2D eigenvalue weighted by molar-refractivity contribution is 0.0692. The van der Waals surface area contributed by atoms with Crippen molar-refractivity contribution in [2.45, 2.75) is 6.42 Å². The average Bonchev–Trinajstić information content (AvgIpc) is 2.82. The molecule has 0 bridgehead atoms. The van der Waals surface area contributed by atoms with E-state index in [1.54, 1.807) is 11.3 Å². The number of benzene rings is 1. The van der Waals surface area contributed by atoms with E-state index >= 15 is 0 Å². The van der Waals surface area contributed by atoms with Crippen molar-refractivity contribution < 1.29 is 19.0 Å². The Balaban J connectivity index is 2.03. The van der Waals surface area contributed by atoms with Crippen LogP contribution in [0.4, 0.5) is 4.39 Å². The number of ether oxygens (including phenoxy) is 1. The van der Waals surface area contributed by atoms with Gasteiger partial charge in [0, 0.05) is 17.4 Å². The van der Waals surface area contributed by atoms with E-state index in [1.165, 1.54) is 6.07 Å². The monoisotopic (exact) mass is 266 g/mol. The van der Waals surface area contributed by atoms with Gasteiger partial charge in [-0.25, -0.2) is 9.18 Å². The second kappa shape index (κ2) is 5.64. The second-order valence-corrected chi connectivity index (χ2v) is 4.66. The van der Waals surface area contributed by atoms with Crippen molar-refractivity contribution in [1.82, 2.24) is 0 Å². The number of carboxylic acids is 1. The first kappa shape index (κ1) is 12.6. The molecule has 94 valence electrons. The van der Waals surface area contributed by atoms with Crippen LogP contribution in [-0.2, 0) is 6.42 Å². The van der Waals surface area contributed by atoms with Crippen LogP contribution in [0.5, 0.6) is 5.75 Å². The first-order valence-corrected chi connectivity index (χ1v) is 6.23. The quantitative estimate of drug-likeness (QED) is 0.904. The van der Waals surface area contributed by atoms with Gasteiger partial charge in [-0.05, 0) is 23.6 Å². The number of thiophene rings is 1. The summed E-state index contributed by atoms with van der Waals surface area (Å²) in [6.07, 6.45) is 0.674. The molecule has 0 aliphatic rings. The molecule has 0 aliphatic carbocycles. The summed E-state index contributed by atoms with van der Waals surface area (Å²) in [5, 5.41) is 10.9. The van der Waals surface area contributed by atoms with Gasteiger partial charge in [0.25, 0.3) is 0 Å². The molecule has 5 heteroatoms. The number of rotatable bonds is 5. The van der Waals surface area contributed by atoms with Crippen LogP contribution in [0.25, 0.3) is 0 Å². The van der Waals surface area contributed by atoms with Gasteiger partial charge in [-0.2, -0.15) is 0 Å². The Hall–Kier alpha value is -1.88. The predicted octanol–water partition coefficient (Wildman–Crippen LogP) is 3.21. The van der Waals surface area contributed by atoms with Gasteiger partial charge in [-0.15, -0.1) is 11.3 Å². The molecule has 1 aromatic heterocycles. The largest absolute Gasteiger partial charge is 0.492 e. The molecule has 0 aliphatic heterocycles. The number of hydrogen-bond donors (Lipinski definition) is 1. The lowest BCUT2D eigenvalue weighted by Crippen LogP contribution is -2.06. The Morgan fingerprint density at radius 1 is 1.39 bits per heavy atom. The summed E-state index contributed by atoms with van der Waals surface area (Å²) in [7, 11) is 0. The Bertz CT molecular complexity index is 537. The number of aromatic carboxylic acids is 1. The number of hydrogen-bond acceptors (Lipinski definition) is 3. The number of carboxylic acid groups (broad SMARTS) is 1. The van der Waals surface area contributed by atoms with E-state index in [0.717, 1.165) is 17.0 Å². The summed E-state index contributed by atoms with van der Waals surface area (Å²) >= 11 is 1.60. The zero-order valence-electron chi connectivity index (χ0n) is 9.43. The minimum absolute atomic E-state index is 0.0254. The van der Waals surface area contributed by atoms with Crippen LogP contribution in [0.15, 0.2) is 35.7 Å². The van der Waals surface area contributed by atoms with Crippen LogP contribution in [0.2, 0.25) is 0 Å². The van der Waals surface area contributed by atoms with Gasteiger partial charge in [0.2, 0.25) is 0 Å². The standard InChI is InChI=1S/C13H11FO3S/c14-9-3-4-11(13(15)16)12(8-9)17-6-5-10-2-1-7-18-10/h1-4,7-8H,5-6H2,(H,15,16). The van der Waals surface area contributed by atoms with Crippen LogP contribution in [-0.4, -0.2) is 17.7 Å². The molecule has 2 aromatic rings. The van der Waals surface area contributed by atoms with Gasteiger partial charge in [0.1, 0.15) is 17.1 Å². The Morgan fingerprint density at radius 2 is 2.22 bits per heavy atom. The lowest BCUT2D eigenvalue weighted by Gasteiger charge is -2.08. The summed E-state index contributed by atoms with van der Waals surface area (Å²) in [4.78, 5) is 12.1. The van der Waals surface area contributed by atoms with E-state index in [-0.39, 0.29) is 11.3 Å². The average molecular weight is 266 g/mol. The van der Waals surface area contributed by atoms with Crippen molar-refractivity contribution in [3.05, 3.63) is 52.0 Å². The smallest absolute Gasteiger partial charge is 0.339 e. The SMILES string of the molecule is O=C(O)c1ccc(F)cc1OCCc1cccs1. The highest BCUT2D eigenvalue weighted by molar-refractivity contribution is 7.09. The molecule has 0 saturated heterocycles. The van der Waals surface area contributed by atoms with E-state index in [4.69, 9.17) is 9.84 Å². The first-order valence-electron chi connectivity index (χ1n) is 5.35. The number of carbonyl (C=O) groups is 1. The van der Waals surface area contributed by atoms with Crippen LogP contribution in [0.3, 0.4) is 0 Å². The third-order valence-corrected chi connectivity index (χ3v) is 3.30. The molecular formula is C13H11FO3S. The Morgan fingerprint density at radius 3 is 2.89 bits per heavy atom. The summed E-state index contributed by atoms with van der Waals surface area (Å²) in [6, 6.07) is 7.31. The van der Waals surface area contributed by atoms with Crippen LogP contribution in [0, 0.1) is 5.82 Å². The van der Waals surface area contributed by atoms with Crippen LogP contribution in [0.1, 0.15) is 15.2 Å². The van der Waals surface area contributed by atoms with Crippen molar-refractivity contribution >= 4 is 17.3 Å².